The Hall–Kier alpha value is -2.35. The summed E-state index contributed by atoms with van der Waals surface area (Å²) in [7, 11) is 0. The second kappa shape index (κ2) is 6.40. The van der Waals surface area contributed by atoms with Gasteiger partial charge in [0.1, 0.15) is 12.0 Å². The van der Waals surface area contributed by atoms with Crippen LogP contribution in [0.25, 0.3) is 11.3 Å². The Labute approximate surface area is 125 Å². The largest absolute Gasteiger partial charge is 0.364 e. The highest BCUT2D eigenvalue weighted by Crippen LogP contribution is 2.24. The van der Waals surface area contributed by atoms with E-state index in [-0.39, 0.29) is 0 Å². The summed E-state index contributed by atoms with van der Waals surface area (Å²) in [6.07, 6.45) is 5.82. The van der Waals surface area contributed by atoms with Crippen molar-refractivity contribution in [3.8, 4) is 11.3 Å². The third kappa shape index (κ3) is 3.22. The molecule has 0 amide bonds. The molecule has 0 saturated heterocycles. The monoisotopic (exact) mass is 276 g/mol. The first-order valence-electron chi connectivity index (χ1n) is 7.27. The number of hydrogen-bond acceptors (Lipinski definition) is 2. The molecule has 1 radical (unpaired) electrons. The van der Waals surface area contributed by atoms with Crippen molar-refractivity contribution in [1.82, 2.24) is 5.16 Å². The van der Waals surface area contributed by atoms with Gasteiger partial charge in [0.25, 0.3) is 0 Å². The smallest absolute Gasteiger partial charge is 0.127 e. The molecule has 3 aromatic rings. The van der Waals surface area contributed by atoms with Gasteiger partial charge in [0, 0.05) is 11.1 Å². The molecule has 105 valence electrons. The van der Waals surface area contributed by atoms with E-state index in [2.05, 4.69) is 67.0 Å². The van der Waals surface area contributed by atoms with Gasteiger partial charge in [0.2, 0.25) is 0 Å². The minimum Gasteiger partial charge on any atom is -0.364 e. The van der Waals surface area contributed by atoms with Crippen molar-refractivity contribution in [2.45, 2.75) is 19.8 Å². The van der Waals surface area contributed by atoms with Crippen LogP contribution >= 0.6 is 0 Å². The van der Waals surface area contributed by atoms with Crippen LogP contribution in [-0.2, 0) is 12.8 Å². The summed E-state index contributed by atoms with van der Waals surface area (Å²) < 4.78 is 5.10. The first kappa shape index (κ1) is 13.6. The number of rotatable bonds is 5. The molecule has 0 unspecified atom stereocenters. The summed E-state index contributed by atoms with van der Waals surface area (Å²) in [6.45, 7) is 2.11. The zero-order valence-corrected chi connectivity index (χ0v) is 12.1. The van der Waals surface area contributed by atoms with Crippen LogP contribution in [0.5, 0.6) is 0 Å². The molecule has 0 aliphatic carbocycles. The summed E-state index contributed by atoms with van der Waals surface area (Å²) in [5, 5.41) is 4.13. The minimum atomic E-state index is 0.914. The van der Waals surface area contributed by atoms with E-state index < -0.39 is 0 Å². The third-order valence-electron chi connectivity index (χ3n) is 3.60. The molecule has 2 nitrogen and oxygen atoms in total. The fraction of sp³-hybridized carbons (Fsp3) is 0.158. The lowest BCUT2D eigenvalue weighted by Gasteiger charge is -2.05. The molecule has 0 spiro atoms. The van der Waals surface area contributed by atoms with Crippen molar-refractivity contribution < 1.29 is 4.52 Å². The third-order valence-corrected chi connectivity index (χ3v) is 3.60. The molecule has 0 saturated carbocycles. The number of aromatic nitrogens is 1. The van der Waals surface area contributed by atoms with Gasteiger partial charge in [-0.25, -0.2) is 0 Å². The van der Waals surface area contributed by atoms with E-state index in [1.54, 1.807) is 6.26 Å². The highest BCUT2D eigenvalue weighted by atomic mass is 16.5. The summed E-state index contributed by atoms with van der Waals surface area (Å²) in [5.74, 6) is 0. The maximum Gasteiger partial charge on any atom is 0.127 e. The van der Waals surface area contributed by atoms with Crippen LogP contribution in [0, 0.1) is 6.42 Å². The molecule has 2 heteroatoms. The topological polar surface area (TPSA) is 26.0 Å². The van der Waals surface area contributed by atoms with Gasteiger partial charge in [-0.05, 0) is 36.5 Å². The van der Waals surface area contributed by atoms with E-state index in [1.165, 1.54) is 11.1 Å². The molecule has 0 fully saturated rings. The van der Waals surface area contributed by atoms with Crippen LogP contribution in [0.4, 0.5) is 0 Å². The lowest BCUT2D eigenvalue weighted by Crippen LogP contribution is -1.90. The predicted octanol–water partition coefficient (Wildman–Crippen LogP) is 4.70. The average molecular weight is 276 g/mol. The van der Waals surface area contributed by atoms with Crippen molar-refractivity contribution in [2.24, 2.45) is 0 Å². The van der Waals surface area contributed by atoms with Crippen LogP contribution in [0.3, 0.4) is 0 Å². The fourth-order valence-corrected chi connectivity index (χ4v) is 2.42. The summed E-state index contributed by atoms with van der Waals surface area (Å²) >= 11 is 0. The number of nitrogens with zero attached hydrogens (tertiary/aromatic N) is 1. The normalized spacial score (nSPS) is 10.7. The van der Waals surface area contributed by atoms with E-state index >= 15 is 0 Å². The molecular formula is C19H18NO. The Morgan fingerprint density at radius 3 is 2.71 bits per heavy atom. The van der Waals surface area contributed by atoms with Crippen molar-refractivity contribution in [2.75, 3.05) is 0 Å². The number of aryl methyl sites for hydroxylation is 1. The van der Waals surface area contributed by atoms with Crippen molar-refractivity contribution in [3.63, 3.8) is 0 Å². The van der Waals surface area contributed by atoms with Crippen LogP contribution in [0.15, 0.2) is 65.4 Å². The number of hydrogen-bond donors (Lipinski definition) is 0. The highest BCUT2D eigenvalue weighted by molar-refractivity contribution is 5.63. The first-order chi connectivity index (χ1) is 10.4. The minimum absolute atomic E-state index is 0.914. The zero-order valence-electron chi connectivity index (χ0n) is 12.1. The van der Waals surface area contributed by atoms with E-state index in [9.17, 15) is 0 Å². The fourth-order valence-electron chi connectivity index (χ4n) is 2.42. The Balaban J connectivity index is 1.77. The van der Waals surface area contributed by atoms with Gasteiger partial charge >= 0.3 is 0 Å². The van der Waals surface area contributed by atoms with Crippen molar-refractivity contribution in [3.05, 3.63) is 84.0 Å². The number of benzene rings is 2. The Kier molecular flexibility index (Phi) is 4.15. The molecule has 0 atom stereocenters. The van der Waals surface area contributed by atoms with E-state index in [0.717, 1.165) is 29.7 Å². The van der Waals surface area contributed by atoms with Gasteiger partial charge in [-0.1, -0.05) is 60.6 Å². The van der Waals surface area contributed by atoms with Gasteiger partial charge in [-0.15, -0.1) is 0 Å². The van der Waals surface area contributed by atoms with Crippen LogP contribution in [0.1, 0.15) is 23.6 Å². The summed E-state index contributed by atoms with van der Waals surface area (Å²) in [4.78, 5) is 0. The van der Waals surface area contributed by atoms with Crippen molar-refractivity contribution in [1.29, 1.82) is 0 Å². The Morgan fingerprint density at radius 1 is 1.05 bits per heavy atom. The highest BCUT2D eigenvalue weighted by Gasteiger charge is 2.09. The quantitative estimate of drug-likeness (QED) is 0.675. The molecule has 3 rings (SSSR count). The predicted molar refractivity (Wildman–Crippen MR) is 84.9 cm³/mol. The lowest BCUT2D eigenvalue weighted by atomic mass is 10.00. The molecular weight excluding hydrogens is 258 g/mol. The lowest BCUT2D eigenvalue weighted by molar-refractivity contribution is 0.421. The van der Waals surface area contributed by atoms with Gasteiger partial charge in [-0.3, -0.25) is 0 Å². The Bertz CT molecular complexity index is 700. The second-order valence-corrected chi connectivity index (χ2v) is 5.06. The van der Waals surface area contributed by atoms with Gasteiger partial charge < -0.3 is 4.52 Å². The Morgan fingerprint density at radius 2 is 1.90 bits per heavy atom. The SMILES string of the molecule is CCc1conc1-c1cccc(C[CH]c2ccccc2)c1. The van der Waals surface area contributed by atoms with Crippen molar-refractivity contribution >= 4 is 0 Å². The standard InChI is InChI=1S/C19H18NO/c1-2-17-14-21-20-19(17)18-10-6-9-16(13-18)12-11-15-7-4-3-5-8-15/h3-11,13-14H,2,12H2,1H3. The van der Waals surface area contributed by atoms with Crippen LogP contribution in [-0.4, -0.2) is 5.16 Å². The first-order valence-corrected chi connectivity index (χ1v) is 7.27. The zero-order chi connectivity index (χ0) is 14.5. The molecule has 21 heavy (non-hydrogen) atoms. The molecule has 1 aromatic heterocycles. The molecule has 0 aliphatic heterocycles. The average Bonchev–Trinajstić information content (AvgIpc) is 3.03. The van der Waals surface area contributed by atoms with Gasteiger partial charge in [-0.2, -0.15) is 0 Å². The van der Waals surface area contributed by atoms with E-state index in [0.29, 0.717) is 0 Å². The van der Waals surface area contributed by atoms with Gasteiger partial charge in [0.05, 0.1) is 0 Å². The summed E-state index contributed by atoms with van der Waals surface area (Å²) in [6, 6.07) is 18.9. The molecule has 0 aliphatic rings. The molecule has 0 N–H and O–H groups in total. The van der Waals surface area contributed by atoms with E-state index in [1.807, 2.05) is 6.07 Å². The summed E-state index contributed by atoms with van der Waals surface area (Å²) in [5.41, 5.74) is 5.76. The maximum atomic E-state index is 5.10. The van der Waals surface area contributed by atoms with Crippen LogP contribution < -0.4 is 0 Å². The second-order valence-electron chi connectivity index (χ2n) is 5.06. The molecule has 0 bridgehead atoms. The van der Waals surface area contributed by atoms with Gasteiger partial charge in [0.15, 0.2) is 0 Å². The van der Waals surface area contributed by atoms with Crippen LogP contribution in [0.2, 0.25) is 0 Å². The maximum absolute atomic E-state index is 5.10. The molecule has 2 aromatic carbocycles. The molecule has 1 heterocycles. The van der Waals surface area contributed by atoms with E-state index in [4.69, 9.17) is 4.52 Å².